The zero-order valence-electron chi connectivity index (χ0n) is 8.12. The lowest BCUT2D eigenvalue weighted by atomic mass is 10.2. The Labute approximate surface area is 83.0 Å². The number of hydrogen-bond donors (Lipinski definition) is 2. The van der Waals surface area contributed by atoms with E-state index in [0.717, 1.165) is 31.0 Å². The number of aromatic nitrogens is 2. The summed E-state index contributed by atoms with van der Waals surface area (Å²) in [6.45, 7) is 0.884. The van der Waals surface area contributed by atoms with E-state index in [4.69, 9.17) is 4.74 Å². The van der Waals surface area contributed by atoms with Gasteiger partial charge >= 0.3 is 0 Å². The van der Waals surface area contributed by atoms with Gasteiger partial charge in [-0.25, -0.2) is 0 Å². The summed E-state index contributed by atoms with van der Waals surface area (Å²) in [6, 6.07) is 2.74. The van der Waals surface area contributed by atoms with Gasteiger partial charge in [-0.1, -0.05) is 0 Å². The third-order valence-electron chi connectivity index (χ3n) is 2.80. The second-order valence-electron chi connectivity index (χ2n) is 4.13. The first kappa shape index (κ1) is 8.29. The van der Waals surface area contributed by atoms with Gasteiger partial charge in [0.2, 0.25) is 0 Å². The predicted octanol–water partition coefficient (Wildman–Crippen LogP) is 1.84. The maximum Gasteiger partial charge on any atom is 0.148 e. The smallest absolute Gasteiger partial charge is 0.148 e. The minimum atomic E-state index is 0.247. The topological polar surface area (TPSA) is 49.9 Å². The zero-order valence-corrected chi connectivity index (χ0v) is 8.12. The van der Waals surface area contributed by atoms with Gasteiger partial charge in [0, 0.05) is 18.7 Å². The first-order chi connectivity index (χ1) is 6.92. The molecular weight excluding hydrogens is 178 g/mol. The molecule has 0 aromatic carbocycles. The molecule has 2 fully saturated rings. The molecule has 1 aliphatic heterocycles. The van der Waals surface area contributed by atoms with E-state index < -0.39 is 0 Å². The highest BCUT2D eigenvalue weighted by atomic mass is 16.5. The largest absolute Gasteiger partial charge is 0.372 e. The van der Waals surface area contributed by atoms with Crippen molar-refractivity contribution in [1.82, 2.24) is 10.2 Å². The molecule has 1 atom stereocenters. The van der Waals surface area contributed by atoms with Gasteiger partial charge in [0.1, 0.15) is 5.82 Å². The van der Waals surface area contributed by atoms with E-state index in [1.165, 1.54) is 12.8 Å². The summed E-state index contributed by atoms with van der Waals surface area (Å²) in [6.07, 6.45) is 5.09. The van der Waals surface area contributed by atoms with Crippen LogP contribution in [0.15, 0.2) is 6.07 Å². The van der Waals surface area contributed by atoms with E-state index in [1.54, 1.807) is 0 Å². The second-order valence-corrected chi connectivity index (χ2v) is 4.13. The average Bonchev–Trinajstić information content (AvgIpc) is 2.71. The lowest BCUT2D eigenvalue weighted by Gasteiger charge is -2.04. The van der Waals surface area contributed by atoms with E-state index in [2.05, 4.69) is 21.6 Å². The average molecular weight is 193 g/mol. The Bertz CT molecular complexity index is 313. The van der Waals surface area contributed by atoms with Gasteiger partial charge in [0.05, 0.1) is 11.8 Å². The zero-order chi connectivity index (χ0) is 9.38. The van der Waals surface area contributed by atoms with E-state index in [-0.39, 0.29) is 6.10 Å². The van der Waals surface area contributed by atoms with Crippen LogP contribution >= 0.6 is 0 Å². The fourth-order valence-corrected chi connectivity index (χ4v) is 1.84. The van der Waals surface area contributed by atoms with Crippen molar-refractivity contribution in [3.63, 3.8) is 0 Å². The number of hydrogen-bond acceptors (Lipinski definition) is 3. The molecule has 0 amide bonds. The summed E-state index contributed by atoms with van der Waals surface area (Å²) in [5.74, 6) is 0.970. The second kappa shape index (κ2) is 3.28. The van der Waals surface area contributed by atoms with Crippen LogP contribution in [0.4, 0.5) is 5.82 Å². The summed E-state index contributed by atoms with van der Waals surface area (Å²) >= 11 is 0. The fraction of sp³-hybridized carbons (Fsp3) is 0.700. The van der Waals surface area contributed by atoms with Crippen LogP contribution in [0.25, 0.3) is 0 Å². The number of aromatic amines is 1. The molecule has 1 saturated heterocycles. The SMILES string of the molecule is c1c(NC2CC2)n[nH]c1C1CCCO1. The summed E-state index contributed by atoms with van der Waals surface area (Å²) < 4.78 is 5.57. The van der Waals surface area contributed by atoms with E-state index in [1.807, 2.05) is 0 Å². The molecule has 0 bridgehead atoms. The lowest BCUT2D eigenvalue weighted by Crippen LogP contribution is -2.00. The Morgan fingerprint density at radius 3 is 3.07 bits per heavy atom. The van der Waals surface area contributed by atoms with Gasteiger partial charge in [0.25, 0.3) is 0 Å². The normalized spacial score (nSPS) is 26.7. The van der Waals surface area contributed by atoms with Gasteiger partial charge in [-0.05, 0) is 25.7 Å². The number of anilines is 1. The molecule has 2 aliphatic rings. The van der Waals surface area contributed by atoms with Crippen LogP contribution in [0.3, 0.4) is 0 Å². The molecule has 0 spiro atoms. The molecule has 1 aromatic heterocycles. The van der Waals surface area contributed by atoms with Gasteiger partial charge in [0.15, 0.2) is 0 Å². The molecule has 1 saturated carbocycles. The Hall–Kier alpha value is -1.03. The van der Waals surface area contributed by atoms with Gasteiger partial charge in [-0.15, -0.1) is 0 Å². The third kappa shape index (κ3) is 1.62. The molecule has 1 unspecified atom stereocenters. The molecule has 14 heavy (non-hydrogen) atoms. The Morgan fingerprint density at radius 2 is 2.36 bits per heavy atom. The number of ether oxygens (including phenoxy) is 1. The molecule has 76 valence electrons. The lowest BCUT2D eigenvalue weighted by molar-refractivity contribution is 0.108. The van der Waals surface area contributed by atoms with Crippen LogP contribution < -0.4 is 5.32 Å². The Morgan fingerprint density at radius 1 is 1.43 bits per heavy atom. The van der Waals surface area contributed by atoms with Crippen molar-refractivity contribution in [2.24, 2.45) is 0 Å². The summed E-state index contributed by atoms with van der Waals surface area (Å²) in [7, 11) is 0. The van der Waals surface area contributed by atoms with Gasteiger partial charge in [-0.3, -0.25) is 5.10 Å². The summed E-state index contributed by atoms with van der Waals surface area (Å²) in [4.78, 5) is 0. The Kier molecular flexibility index (Phi) is 1.94. The monoisotopic (exact) mass is 193 g/mol. The molecule has 2 heterocycles. The quantitative estimate of drug-likeness (QED) is 0.770. The van der Waals surface area contributed by atoms with Crippen LogP contribution in [0.1, 0.15) is 37.5 Å². The number of nitrogens with one attached hydrogen (secondary N) is 2. The van der Waals surface area contributed by atoms with Crippen LogP contribution in [-0.2, 0) is 4.74 Å². The molecule has 1 aliphatic carbocycles. The van der Waals surface area contributed by atoms with Crippen LogP contribution in [0.5, 0.6) is 0 Å². The molecule has 3 rings (SSSR count). The van der Waals surface area contributed by atoms with Crippen molar-refractivity contribution in [2.45, 2.75) is 37.8 Å². The third-order valence-corrected chi connectivity index (χ3v) is 2.80. The molecule has 0 radical (unpaired) electrons. The van der Waals surface area contributed by atoms with E-state index in [0.29, 0.717) is 6.04 Å². The fourth-order valence-electron chi connectivity index (χ4n) is 1.84. The van der Waals surface area contributed by atoms with Crippen LogP contribution in [-0.4, -0.2) is 22.8 Å². The highest BCUT2D eigenvalue weighted by molar-refractivity contribution is 5.38. The van der Waals surface area contributed by atoms with E-state index >= 15 is 0 Å². The molecule has 1 aromatic rings. The Balaban J connectivity index is 1.68. The maximum absolute atomic E-state index is 5.57. The van der Waals surface area contributed by atoms with Crippen molar-refractivity contribution < 1.29 is 4.74 Å². The van der Waals surface area contributed by atoms with Gasteiger partial charge < -0.3 is 10.1 Å². The summed E-state index contributed by atoms with van der Waals surface area (Å²) in [5, 5.41) is 10.6. The predicted molar refractivity (Wildman–Crippen MR) is 53.2 cm³/mol. The highest BCUT2D eigenvalue weighted by Crippen LogP contribution is 2.29. The first-order valence-electron chi connectivity index (χ1n) is 5.35. The highest BCUT2D eigenvalue weighted by Gasteiger charge is 2.23. The molecule has 2 N–H and O–H groups in total. The standard InChI is InChI=1S/C10H15N3O/c1-2-9(14-5-1)8-6-10(13-12-8)11-7-3-4-7/h6-7,9H,1-5H2,(H2,11,12,13). The van der Waals surface area contributed by atoms with Crippen molar-refractivity contribution in [2.75, 3.05) is 11.9 Å². The molecule has 4 heteroatoms. The number of nitrogens with zero attached hydrogens (tertiary/aromatic N) is 1. The van der Waals surface area contributed by atoms with Crippen molar-refractivity contribution in [3.05, 3.63) is 11.8 Å². The van der Waals surface area contributed by atoms with Crippen molar-refractivity contribution >= 4 is 5.82 Å². The maximum atomic E-state index is 5.57. The minimum Gasteiger partial charge on any atom is -0.372 e. The van der Waals surface area contributed by atoms with Crippen molar-refractivity contribution in [3.8, 4) is 0 Å². The number of rotatable bonds is 3. The van der Waals surface area contributed by atoms with Crippen LogP contribution in [0, 0.1) is 0 Å². The van der Waals surface area contributed by atoms with Crippen LogP contribution in [0.2, 0.25) is 0 Å². The summed E-state index contributed by atoms with van der Waals surface area (Å²) in [5.41, 5.74) is 1.12. The number of H-pyrrole nitrogens is 1. The molecular formula is C10H15N3O. The molecule has 4 nitrogen and oxygen atoms in total. The minimum absolute atomic E-state index is 0.247. The van der Waals surface area contributed by atoms with Gasteiger partial charge in [-0.2, -0.15) is 5.10 Å². The van der Waals surface area contributed by atoms with E-state index in [9.17, 15) is 0 Å². The van der Waals surface area contributed by atoms with Crippen molar-refractivity contribution in [1.29, 1.82) is 0 Å². The first-order valence-corrected chi connectivity index (χ1v) is 5.35.